The van der Waals surface area contributed by atoms with Gasteiger partial charge in [-0.3, -0.25) is 0 Å². The number of aryl methyl sites for hydroxylation is 1. The van der Waals surface area contributed by atoms with E-state index in [1.807, 2.05) is 6.92 Å². The summed E-state index contributed by atoms with van der Waals surface area (Å²) in [6.45, 7) is 4.11. The topological polar surface area (TPSA) is 71.1 Å². The van der Waals surface area contributed by atoms with E-state index >= 15 is 0 Å². The maximum atomic E-state index is 11.6. The predicted molar refractivity (Wildman–Crippen MR) is 81.6 cm³/mol. The highest BCUT2D eigenvalue weighted by Gasteiger charge is 2.12. The SMILES string of the molecule is CNS(=O)(=O)c1ccc(NC(C)c2ccc(C)s2)nc1. The van der Waals surface area contributed by atoms with E-state index in [-0.39, 0.29) is 10.9 Å². The maximum Gasteiger partial charge on any atom is 0.241 e. The van der Waals surface area contributed by atoms with Crippen LogP contribution in [0.2, 0.25) is 0 Å². The third kappa shape index (κ3) is 3.36. The van der Waals surface area contributed by atoms with Gasteiger partial charge in [0, 0.05) is 16.0 Å². The fourth-order valence-electron chi connectivity index (χ4n) is 1.72. The standard InChI is InChI=1S/C13H17N3O2S2/c1-9-4-6-12(19-9)10(2)16-13-7-5-11(8-15-13)20(17,18)14-3/h4-8,10,14H,1-3H3,(H,15,16). The number of rotatable bonds is 5. The Labute approximate surface area is 123 Å². The lowest BCUT2D eigenvalue weighted by Crippen LogP contribution is -2.18. The van der Waals surface area contributed by atoms with Crippen LogP contribution in [0.25, 0.3) is 0 Å². The summed E-state index contributed by atoms with van der Waals surface area (Å²) in [4.78, 5) is 6.78. The lowest BCUT2D eigenvalue weighted by Gasteiger charge is -2.13. The summed E-state index contributed by atoms with van der Waals surface area (Å²) in [6.07, 6.45) is 1.35. The number of thiophene rings is 1. The molecule has 0 aliphatic rings. The molecule has 0 bridgehead atoms. The Balaban J connectivity index is 2.11. The number of hydrogen-bond acceptors (Lipinski definition) is 5. The minimum Gasteiger partial charge on any atom is -0.363 e. The van der Waals surface area contributed by atoms with Gasteiger partial charge in [0.05, 0.1) is 6.04 Å². The Kier molecular flexibility index (Phi) is 4.42. The van der Waals surface area contributed by atoms with E-state index in [0.717, 1.165) is 0 Å². The molecule has 0 aliphatic carbocycles. The molecule has 2 aromatic rings. The first-order valence-electron chi connectivity index (χ1n) is 6.15. The fourth-order valence-corrected chi connectivity index (χ4v) is 3.28. The molecule has 0 aromatic carbocycles. The molecule has 0 fully saturated rings. The monoisotopic (exact) mass is 311 g/mol. The molecule has 0 saturated carbocycles. The molecule has 2 N–H and O–H groups in total. The van der Waals surface area contributed by atoms with Gasteiger partial charge in [-0.1, -0.05) is 0 Å². The summed E-state index contributed by atoms with van der Waals surface area (Å²) in [5.74, 6) is 0.651. The van der Waals surface area contributed by atoms with Crippen molar-refractivity contribution in [1.29, 1.82) is 0 Å². The molecule has 20 heavy (non-hydrogen) atoms. The number of aromatic nitrogens is 1. The Hall–Kier alpha value is -1.44. The van der Waals surface area contributed by atoms with Crippen molar-refractivity contribution in [2.45, 2.75) is 24.8 Å². The van der Waals surface area contributed by atoms with Crippen LogP contribution in [0.5, 0.6) is 0 Å². The van der Waals surface area contributed by atoms with Crippen LogP contribution in [0.3, 0.4) is 0 Å². The van der Waals surface area contributed by atoms with Gasteiger partial charge in [-0.05, 0) is 45.2 Å². The van der Waals surface area contributed by atoms with Gasteiger partial charge in [0.1, 0.15) is 10.7 Å². The molecule has 0 radical (unpaired) electrons. The van der Waals surface area contributed by atoms with Crippen molar-refractivity contribution in [1.82, 2.24) is 9.71 Å². The smallest absolute Gasteiger partial charge is 0.241 e. The summed E-state index contributed by atoms with van der Waals surface area (Å²) in [5, 5.41) is 3.25. The van der Waals surface area contributed by atoms with Crippen molar-refractivity contribution in [3.8, 4) is 0 Å². The molecule has 0 amide bonds. The van der Waals surface area contributed by atoms with E-state index < -0.39 is 10.0 Å². The summed E-state index contributed by atoms with van der Waals surface area (Å²) >= 11 is 1.73. The number of anilines is 1. The van der Waals surface area contributed by atoms with E-state index in [2.05, 4.69) is 34.1 Å². The molecule has 2 heterocycles. The molecule has 1 unspecified atom stereocenters. The minimum atomic E-state index is -3.43. The number of hydrogen-bond donors (Lipinski definition) is 2. The zero-order chi connectivity index (χ0) is 14.8. The summed E-state index contributed by atoms with van der Waals surface area (Å²) in [5.41, 5.74) is 0. The average Bonchev–Trinajstić information content (AvgIpc) is 2.86. The van der Waals surface area contributed by atoms with Gasteiger partial charge in [-0.2, -0.15) is 0 Å². The molecule has 0 saturated heterocycles. The second-order valence-corrected chi connectivity index (χ2v) is 7.61. The lowest BCUT2D eigenvalue weighted by molar-refractivity contribution is 0.588. The van der Waals surface area contributed by atoms with Crippen molar-refractivity contribution in [3.63, 3.8) is 0 Å². The maximum absolute atomic E-state index is 11.6. The zero-order valence-electron chi connectivity index (χ0n) is 11.5. The van der Waals surface area contributed by atoms with Gasteiger partial charge < -0.3 is 5.32 Å². The lowest BCUT2D eigenvalue weighted by atomic mass is 10.2. The molecule has 7 heteroatoms. The van der Waals surface area contributed by atoms with Gasteiger partial charge >= 0.3 is 0 Å². The van der Waals surface area contributed by atoms with Gasteiger partial charge in [-0.25, -0.2) is 18.1 Å². The third-order valence-electron chi connectivity index (χ3n) is 2.87. The van der Waals surface area contributed by atoms with Crippen LogP contribution in [-0.4, -0.2) is 20.4 Å². The molecule has 2 aromatic heterocycles. The Bertz CT molecular complexity index is 678. The van der Waals surface area contributed by atoms with E-state index in [1.165, 1.54) is 29.1 Å². The molecule has 108 valence electrons. The zero-order valence-corrected chi connectivity index (χ0v) is 13.2. The van der Waals surface area contributed by atoms with Crippen LogP contribution >= 0.6 is 11.3 Å². The van der Waals surface area contributed by atoms with Crippen LogP contribution in [0.4, 0.5) is 5.82 Å². The predicted octanol–water partition coefficient (Wildman–Crippen LogP) is 2.53. The van der Waals surface area contributed by atoms with Crippen molar-refractivity contribution >= 4 is 27.2 Å². The van der Waals surface area contributed by atoms with Crippen LogP contribution in [0.1, 0.15) is 22.7 Å². The highest BCUT2D eigenvalue weighted by molar-refractivity contribution is 7.89. The highest BCUT2D eigenvalue weighted by atomic mass is 32.2. The van der Waals surface area contributed by atoms with Crippen molar-refractivity contribution in [2.75, 3.05) is 12.4 Å². The van der Waals surface area contributed by atoms with Crippen molar-refractivity contribution in [3.05, 3.63) is 40.2 Å². The van der Waals surface area contributed by atoms with E-state index in [1.54, 1.807) is 17.4 Å². The fraction of sp³-hybridized carbons (Fsp3) is 0.308. The molecule has 5 nitrogen and oxygen atoms in total. The molecule has 2 rings (SSSR count). The molecule has 0 spiro atoms. The van der Waals surface area contributed by atoms with Gasteiger partial charge in [-0.15, -0.1) is 11.3 Å². The summed E-state index contributed by atoms with van der Waals surface area (Å²) in [6, 6.07) is 7.49. The first-order valence-corrected chi connectivity index (χ1v) is 8.45. The average molecular weight is 311 g/mol. The van der Waals surface area contributed by atoms with Gasteiger partial charge in [0.25, 0.3) is 0 Å². The quantitative estimate of drug-likeness (QED) is 0.890. The largest absolute Gasteiger partial charge is 0.363 e. The molecule has 1 atom stereocenters. The van der Waals surface area contributed by atoms with E-state index in [9.17, 15) is 8.42 Å². The van der Waals surface area contributed by atoms with Gasteiger partial charge in [0.2, 0.25) is 10.0 Å². The second kappa shape index (κ2) is 5.90. The van der Waals surface area contributed by atoms with Crippen LogP contribution in [-0.2, 0) is 10.0 Å². The van der Waals surface area contributed by atoms with Gasteiger partial charge in [0.15, 0.2) is 0 Å². The normalized spacial score (nSPS) is 13.2. The minimum absolute atomic E-state index is 0.132. The van der Waals surface area contributed by atoms with Crippen LogP contribution in [0.15, 0.2) is 35.4 Å². The number of sulfonamides is 1. The van der Waals surface area contributed by atoms with Crippen molar-refractivity contribution in [2.24, 2.45) is 0 Å². The molecular formula is C13H17N3O2S2. The number of nitrogens with zero attached hydrogens (tertiary/aromatic N) is 1. The Morgan fingerprint density at radius 3 is 2.50 bits per heavy atom. The summed E-state index contributed by atoms with van der Waals surface area (Å²) < 4.78 is 25.4. The first kappa shape index (κ1) is 15.0. The third-order valence-corrected chi connectivity index (χ3v) is 5.45. The van der Waals surface area contributed by atoms with E-state index in [4.69, 9.17) is 0 Å². The van der Waals surface area contributed by atoms with E-state index in [0.29, 0.717) is 5.82 Å². The summed E-state index contributed by atoms with van der Waals surface area (Å²) in [7, 11) is -2.05. The Morgan fingerprint density at radius 1 is 1.25 bits per heavy atom. The molecular weight excluding hydrogens is 294 g/mol. The molecule has 0 aliphatic heterocycles. The van der Waals surface area contributed by atoms with Crippen molar-refractivity contribution < 1.29 is 8.42 Å². The number of nitrogens with one attached hydrogen (secondary N) is 2. The first-order chi connectivity index (χ1) is 9.42. The Morgan fingerprint density at radius 2 is 2.00 bits per heavy atom. The number of pyridine rings is 1. The van der Waals surface area contributed by atoms with Crippen LogP contribution in [0, 0.1) is 6.92 Å². The second-order valence-electron chi connectivity index (χ2n) is 4.40. The van der Waals surface area contributed by atoms with Crippen LogP contribution < -0.4 is 10.0 Å². The highest BCUT2D eigenvalue weighted by Crippen LogP contribution is 2.25.